The van der Waals surface area contributed by atoms with Crippen molar-refractivity contribution in [3.05, 3.63) is 35.2 Å². The summed E-state index contributed by atoms with van der Waals surface area (Å²) in [5, 5.41) is 18.4. The zero-order valence-corrected chi connectivity index (χ0v) is 22.4. The number of carbonyl (C=O) groups excluding carboxylic acids is 1. The van der Waals surface area contributed by atoms with Gasteiger partial charge < -0.3 is 30.5 Å². The number of thiophene rings is 1. The van der Waals surface area contributed by atoms with Crippen molar-refractivity contribution < 1.29 is 19.4 Å². The first-order valence-electron chi connectivity index (χ1n) is 13.6. The number of aliphatic hydroxyl groups is 1. The van der Waals surface area contributed by atoms with Crippen LogP contribution in [-0.4, -0.2) is 68.1 Å². The maximum Gasteiger partial charge on any atom is 0.317 e. The molecule has 2 amide bonds. The van der Waals surface area contributed by atoms with Gasteiger partial charge in [-0.25, -0.2) is 4.79 Å². The van der Waals surface area contributed by atoms with Gasteiger partial charge in [-0.1, -0.05) is 50.3 Å². The van der Waals surface area contributed by atoms with E-state index in [9.17, 15) is 9.90 Å². The minimum Gasteiger partial charge on any atom is -0.385 e. The number of rotatable bonds is 11. The van der Waals surface area contributed by atoms with Gasteiger partial charge in [0.2, 0.25) is 0 Å². The van der Waals surface area contributed by atoms with Crippen LogP contribution in [0.15, 0.2) is 29.6 Å². The highest BCUT2D eigenvalue weighted by Gasteiger charge is 2.43. The average Bonchev–Trinajstić information content (AvgIpc) is 3.39. The number of urea groups is 1. The zero-order chi connectivity index (χ0) is 25.4. The fourth-order valence-electron chi connectivity index (χ4n) is 5.83. The van der Waals surface area contributed by atoms with Crippen LogP contribution in [0.2, 0.25) is 0 Å². The predicted molar refractivity (Wildman–Crippen MR) is 145 cm³/mol. The summed E-state index contributed by atoms with van der Waals surface area (Å²) in [6.45, 7) is 2.37. The molecule has 0 bridgehead atoms. The average molecular weight is 518 g/mol. The maximum absolute atomic E-state index is 13.1. The van der Waals surface area contributed by atoms with Crippen molar-refractivity contribution in [2.45, 2.75) is 75.5 Å². The normalized spacial score (nSPS) is 21.9. The van der Waals surface area contributed by atoms with Crippen LogP contribution < -0.4 is 11.1 Å². The van der Waals surface area contributed by atoms with Crippen molar-refractivity contribution in [2.24, 2.45) is 11.7 Å². The van der Waals surface area contributed by atoms with E-state index in [4.69, 9.17) is 15.2 Å². The Bertz CT molecular complexity index is 963. The number of nitrogens with two attached hydrogens (primary N) is 1. The molecule has 1 aliphatic heterocycles. The van der Waals surface area contributed by atoms with Crippen LogP contribution in [0.1, 0.15) is 63.4 Å². The fourth-order valence-corrected chi connectivity index (χ4v) is 6.83. The molecule has 3 atom stereocenters. The van der Waals surface area contributed by atoms with E-state index in [0.29, 0.717) is 45.2 Å². The highest BCUT2D eigenvalue weighted by atomic mass is 32.1. The van der Waals surface area contributed by atoms with Crippen molar-refractivity contribution in [1.29, 1.82) is 0 Å². The molecule has 2 aromatic rings. The maximum atomic E-state index is 13.1. The van der Waals surface area contributed by atoms with Gasteiger partial charge in [0, 0.05) is 43.1 Å². The topological polar surface area (TPSA) is 97.1 Å². The van der Waals surface area contributed by atoms with Gasteiger partial charge in [0.1, 0.15) is 11.7 Å². The third kappa shape index (κ3) is 6.78. The van der Waals surface area contributed by atoms with Crippen molar-refractivity contribution >= 4 is 27.5 Å². The van der Waals surface area contributed by atoms with Gasteiger partial charge in [-0.15, -0.1) is 11.3 Å². The number of carbonyl (C=O) groups is 1. The van der Waals surface area contributed by atoms with E-state index in [1.165, 1.54) is 32.1 Å². The van der Waals surface area contributed by atoms with Crippen molar-refractivity contribution in [2.75, 3.05) is 40.0 Å². The number of benzene rings is 1. The smallest absolute Gasteiger partial charge is 0.317 e. The molecular formula is C28H43N3O4S. The number of unbranched alkanes of at least 4 members (excludes halogenated alkanes) is 1. The molecule has 1 aromatic heterocycles. The van der Waals surface area contributed by atoms with E-state index in [1.54, 1.807) is 23.3 Å². The van der Waals surface area contributed by atoms with E-state index in [2.05, 4.69) is 22.8 Å². The minimum atomic E-state index is -1.20. The lowest BCUT2D eigenvalue weighted by molar-refractivity contribution is -0.145. The van der Waals surface area contributed by atoms with Gasteiger partial charge in [0.15, 0.2) is 0 Å². The molecule has 2 fully saturated rings. The molecule has 2 aliphatic rings. The number of amides is 2. The molecule has 1 aromatic carbocycles. The van der Waals surface area contributed by atoms with Crippen LogP contribution in [0.5, 0.6) is 0 Å². The lowest BCUT2D eigenvalue weighted by Crippen LogP contribution is -2.57. The Morgan fingerprint density at radius 3 is 2.94 bits per heavy atom. The van der Waals surface area contributed by atoms with E-state index < -0.39 is 11.7 Å². The van der Waals surface area contributed by atoms with Crippen LogP contribution in [0.3, 0.4) is 0 Å². The highest BCUT2D eigenvalue weighted by molar-refractivity contribution is 7.17. The molecule has 1 aliphatic carbocycles. The number of ether oxygens (including phenoxy) is 2. The molecule has 1 saturated carbocycles. The number of fused-ring (bicyclic) bond motifs is 1. The highest BCUT2D eigenvalue weighted by Crippen LogP contribution is 2.40. The number of nitrogens with one attached hydrogen (secondary N) is 1. The van der Waals surface area contributed by atoms with Crippen LogP contribution >= 0.6 is 11.3 Å². The van der Waals surface area contributed by atoms with Crippen molar-refractivity contribution in [3.8, 4) is 0 Å². The summed E-state index contributed by atoms with van der Waals surface area (Å²) in [5.41, 5.74) is 6.05. The number of hydrogen-bond donors (Lipinski definition) is 3. The van der Waals surface area contributed by atoms with E-state index in [-0.39, 0.29) is 12.1 Å². The van der Waals surface area contributed by atoms with E-state index in [1.807, 2.05) is 12.1 Å². The van der Waals surface area contributed by atoms with Crippen LogP contribution in [0, 0.1) is 5.92 Å². The Balaban J connectivity index is 1.41. The summed E-state index contributed by atoms with van der Waals surface area (Å²) in [5.74, 6) is 0.687. The first kappa shape index (κ1) is 27.3. The quantitative estimate of drug-likeness (QED) is 0.378. The SMILES string of the molecule is COCCCC[C@@](O)(c1cccc2ccsc12)C1CN(C(=O)NCC(N)CC2CCCCC2)CCO1. The van der Waals surface area contributed by atoms with Gasteiger partial charge in [0.25, 0.3) is 0 Å². The third-order valence-corrected chi connectivity index (χ3v) is 8.83. The van der Waals surface area contributed by atoms with Gasteiger partial charge >= 0.3 is 6.03 Å². The predicted octanol–water partition coefficient (Wildman–Crippen LogP) is 4.61. The van der Waals surface area contributed by atoms with Gasteiger partial charge in [-0.05, 0) is 48.4 Å². The molecule has 7 nitrogen and oxygen atoms in total. The monoisotopic (exact) mass is 517 g/mol. The molecule has 4 N–H and O–H groups in total. The summed E-state index contributed by atoms with van der Waals surface area (Å²) < 4.78 is 12.5. The molecule has 1 saturated heterocycles. The summed E-state index contributed by atoms with van der Waals surface area (Å²) in [6.07, 6.45) is 9.10. The number of methoxy groups -OCH3 is 1. The second-order valence-corrected chi connectivity index (χ2v) is 11.4. The van der Waals surface area contributed by atoms with E-state index >= 15 is 0 Å². The summed E-state index contributed by atoms with van der Waals surface area (Å²) in [7, 11) is 1.69. The molecule has 8 heteroatoms. The Hall–Kier alpha value is -1.71. The zero-order valence-electron chi connectivity index (χ0n) is 21.6. The largest absolute Gasteiger partial charge is 0.385 e. The second kappa shape index (κ2) is 13.2. The third-order valence-electron chi connectivity index (χ3n) is 7.86. The van der Waals surface area contributed by atoms with Crippen molar-refractivity contribution in [3.63, 3.8) is 0 Å². The first-order chi connectivity index (χ1) is 17.5. The van der Waals surface area contributed by atoms with E-state index in [0.717, 1.165) is 34.9 Å². The molecule has 4 rings (SSSR count). The molecule has 200 valence electrons. The Labute approximate surface area is 219 Å². The fraction of sp³-hybridized carbons (Fsp3) is 0.679. The van der Waals surface area contributed by atoms with Gasteiger partial charge in [-0.3, -0.25) is 0 Å². The van der Waals surface area contributed by atoms with Gasteiger partial charge in [-0.2, -0.15) is 0 Å². The van der Waals surface area contributed by atoms with Crippen LogP contribution in [-0.2, 0) is 15.1 Å². The van der Waals surface area contributed by atoms with Crippen LogP contribution in [0.4, 0.5) is 4.79 Å². The molecule has 0 radical (unpaired) electrons. The van der Waals surface area contributed by atoms with Crippen molar-refractivity contribution in [1.82, 2.24) is 10.2 Å². The summed E-state index contributed by atoms with van der Waals surface area (Å²) >= 11 is 1.63. The molecular weight excluding hydrogens is 474 g/mol. The lowest BCUT2D eigenvalue weighted by atomic mass is 9.82. The molecule has 2 unspecified atom stereocenters. The summed E-state index contributed by atoms with van der Waals surface area (Å²) in [6, 6.07) is 7.99. The number of morpholine rings is 1. The Morgan fingerprint density at radius 2 is 2.14 bits per heavy atom. The molecule has 0 spiro atoms. The standard InChI is InChI=1S/C28H43N3O4S/c1-34-15-6-5-13-28(33,24-11-7-10-22-12-17-36-26(22)24)25-20-31(14-16-35-25)27(32)30-19-23(29)18-21-8-3-2-4-9-21/h7,10-12,17,21,23,25,33H,2-6,8-9,13-16,18-20,29H2,1H3,(H,30,32)/t23?,25?,28-/m1/s1. The van der Waals surface area contributed by atoms with Crippen LogP contribution in [0.25, 0.3) is 10.1 Å². The molecule has 36 heavy (non-hydrogen) atoms. The minimum absolute atomic E-state index is 0.0250. The Morgan fingerprint density at radius 1 is 1.31 bits per heavy atom. The number of hydrogen-bond acceptors (Lipinski definition) is 6. The summed E-state index contributed by atoms with van der Waals surface area (Å²) in [4.78, 5) is 14.9. The second-order valence-electron chi connectivity index (χ2n) is 10.5. The number of nitrogens with zero attached hydrogens (tertiary/aromatic N) is 1. The lowest BCUT2D eigenvalue weighted by Gasteiger charge is -2.42. The first-order valence-corrected chi connectivity index (χ1v) is 14.5. The molecule has 2 heterocycles. The Kier molecular flexibility index (Phi) is 10.0. The van der Waals surface area contributed by atoms with Gasteiger partial charge in [0.05, 0.1) is 13.2 Å².